The molecule has 1 atom stereocenters. The van der Waals surface area contributed by atoms with Gasteiger partial charge in [-0.3, -0.25) is 4.31 Å². The topological polar surface area (TPSA) is 96.4 Å². The average molecular weight is 444 g/mol. The maximum absolute atomic E-state index is 13.4. The van der Waals surface area contributed by atoms with Gasteiger partial charge in [-0.25, -0.2) is 8.42 Å². The molecular formula is C19H14BrN3O3S. The molecule has 6 nitrogen and oxygen atoms in total. The minimum Gasteiger partial charge on any atom is -0.439 e. The summed E-state index contributed by atoms with van der Waals surface area (Å²) in [5.74, 6) is -0.789. The first kappa shape index (κ1) is 17.6. The number of benzene rings is 2. The van der Waals surface area contributed by atoms with Crippen LogP contribution in [0.1, 0.15) is 17.0 Å². The van der Waals surface area contributed by atoms with Crippen LogP contribution in [0.3, 0.4) is 0 Å². The highest BCUT2D eigenvalue weighted by Gasteiger charge is 2.46. The van der Waals surface area contributed by atoms with E-state index in [1.54, 1.807) is 42.5 Å². The van der Waals surface area contributed by atoms with E-state index in [9.17, 15) is 13.7 Å². The van der Waals surface area contributed by atoms with Crippen molar-refractivity contribution in [1.29, 1.82) is 5.26 Å². The van der Waals surface area contributed by atoms with E-state index in [1.807, 2.05) is 12.1 Å². The van der Waals surface area contributed by atoms with Gasteiger partial charge in [-0.2, -0.15) is 5.26 Å². The highest BCUT2D eigenvalue weighted by molar-refractivity contribution is 9.10. The van der Waals surface area contributed by atoms with Crippen LogP contribution in [0.15, 0.2) is 69.4 Å². The fourth-order valence-electron chi connectivity index (χ4n) is 3.42. The van der Waals surface area contributed by atoms with Crippen LogP contribution >= 0.6 is 15.9 Å². The van der Waals surface area contributed by atoms with Gasteiger partial charge in [0, 0.05) is 17.1 Å². The molecule has 136 valence electrons. The maximum Gasteiger partial charge on any atom is 0.264 e. The summed E-state index contributed by atoms with van der Waals surface area (Å²) in [4.78, 5) is 0.0151. The summed E-state index contributed by atoms with van der Waals surface area (Å²) in [6, 6.07) is 16.2. The molecule has 2 aliphatic heterocycles. The predicted molar refractivity (Wildman–Crippen MR) is 105 cm³/mol. The van der Waals surface area contributed by atoms with Crippen LogP contribution in [0.4, 0.5) is 5.69 Å². The molecule has 0 fully saturated rings. The standard InChI is InChI=1S/C19H14BrN3O3S/c1-23-15-9-5-3-7-12(15)17-18(27(23,24)25)16(13(10-21)19(22)26-17)11-6-2-4-8-14(11)20/h2-9,16H,22H2,1H3/t16-/m0/s1. The molecule has 2 aromatic rings. The molecule has 27 heavy (non-hydrogen) atoms. The van der Waals surface area contributed by atoms with Crippen LogP contribution in [-0.4, -0.2) is 15.5 Å². The largest absolute Gasteiger partial charge is 0.439 e. The lowest BCUT2D eigenvalue weighted by Gasteiger charge is -2.36. The molecule has 0 bridgehead atoms. The summed E-state index contributed by atoms with van der Waals surface area (Å²) >= 11 is 3.46. The summed E-state index contributed by atoms with van der Waals surface area (Å²) in [7, 11) is -2.44. The summed E-state index contributed by atoms with van der Waals surface area (Å²) in [6.45, 7) is 0. The van der Waals surface area contributed by atoms with Gasteiger partial charge in [-0.05, 0) is 23.8 Å². The number of sulfonamides is 1. The van der Waals surface area contributed by atoms with E-state index in [0.29, 0.717) is 21.3 Å². The number of para-hydroxylation sites is 1. The van der Waals surface area contributed by atoms with Crippen LogP contribution in [-0.2, 0) is 14.8 Å². The fourth-order valence-corrected chi connectivity index (χ4v) is 5.57. The lowest BCUT2D eigenvalue weighted by atomic mass is 9.88. The van der Waals surface area contributed by atoms with Gasteiger partial charge in [0.15, 0.2) is 5.76 Å². The second-order valence-corrected chi connectivity index (χ2v) is 8.92. The lowest BCUT2D eigenvalue weighted by Crippen LogP contribution is -2.37. The molecule has 2 aliphatic rings. The molecule has 0 aliphatic carbocycles. The number of hydrogen-bond acceptors (Lipinski definition) is 5. The number of fused-ring (bicyclic) bond motifs is 2. The van der Waals surface area contributed by atoms with Crippen LogP contribution in [0.25, 0.3) is 5.76 Å². The monoisotopic (exact) mass is 443 g/mol. The average Bonchev–Trinajstić information content (AvgIpc) is 2.66. The number of nitriles is 1. The smallest absolute Gasteiger partial charge is 0.264 e. The summed E-state index contributed by atoms with van der Waals surface area (Å²) in [5.41, 5.74) is 7.84. The molecule has 0 unspecified atom stereocenters. The van der Waals surface area contributed by atoms with Gasteiger partial charge in [0.25, 0.3) is 10.0 Å². The summed E-state index contributed by atoms with van der Waals surface area (Å²) < 4.78 is 34.3. The van der Waals surface area contributed by atoms with E-state index >= 15 is 0 Å². The quantitative estimate of drug-likeness (QED) is 0.728. The zero-order valence-electron chi connectivity index (χ0n) is 14.2. The van der Waals surface area contributed by atoms with Gasteiger partial charge in [0.2, 0.25) is 5.88 Å². The van der Waals surface area contributed by atoms with E-state index in [0.717, 1.165) is 0 Å². The summed E-state index contributed by atoms with van der Waals surface area (Å²) in [6.07, 6.45) is 0. The predicted octanol–water partition coefficient (Wildman–Crippen LogP) is 3.41. The Balaban J connectivity index is 2.11. The van der Waals surface area contributed by atoms with Gasteiger partial charge in [0.1, 0.15) is 16.5 Å². The second-order valence-electron chi connectivity index (χ2n) is 6.13. The van der Waals surface area contributed by atoms with Crippen LogP contribution in [0.5, 0.6) is 0 Å². The van der Waals surface area contributed by atoms with E-state index in [-0.39, 0.29) is 22.1 Å². The first-order valence-corrected chi connectivity index (χ1v) is 10.3. The Morgan fingerprint density at radius 2 is 1.85 bits per heavy atom. The first-order chi connectivity index (χ1) is 12.9. The molecular weight excluding hydrogens is 430 g/mol. The number of ether oxygens (including phenoxy) is 1. The number of allylic oxidation sites excluding steroid dienone is 2. The van der Waals surface area contributed by atoms with Gasteiger partial charge in [-0.1, -0.05) is 46.3 Å². The molecule has 8 heteroatoms. The van der Waals surface area contributed by atoms with Crippen LogP contribution < -0.4 is 10.0 Å². The Labute approximate surface area is 165 Å². The van der Waals surface area contributed by atoms with Crippen molar-refractivity contribution in [2.24, 2.45) is 5.73 Å². The fraction of sp³-hybridized carbons (Fsp3) is 0.105. The minimum absolute atomic E-state index is 0.0151. The van der Waals surface area contributed by atoms with Crippen molar-refractivity contribution in [1.82, 2.24) is 0 Å². The Hall–Kier alpha value is -2.76. The molecule has 2 heterocycles. The van der Waals surface area contributed by atoms with E-state index in [2.05, 4.69) is 15.9 Å². The highest BCUT2D eigenvalue weighted by Crippen LogP contribution is 2.51. The molecule has 0 radical (unpaired) electrons. The van der Waals surface area contributed by atoms with Gasteiger partial charge >= 0.3 is 0 Å². The van der Waals surface area contributed by atoms with E-state index in [1.165, 1.54) is 11.4 Å². The molecule has 0 spiro atoms. The third kappa shape index (κ3) is 2.46. The number of rotatable bonds is 1. The molecule has 0 saturated carbocycles. The van der Waals surface area contributed by atoms with Crippen molar-refractivity contribution in [2.75, 3.05) is 11.4 Å². The van der Waals surface area contributed by atoms with Crippen LogP contribution in [0, 0.1) is 11.3 Å². The van der Waals surface area contributed by atoms with Gasteiger partial charge in [0.05, 0.1) is 11.6 Å². The molecule has 0 aromatic heterocycles. The summed E-state index contributed by atoms with van der Waals surface area (Å²) in [5, 5.41) is 9.69. The van der Waals surface area contributed by atoms with E-state index in [4.69, 9.17) is 10.5 Å². The molecule has 2 aromatic carbocycles. The van der Waals surface area contributed by atoms with Crippen molar-refractivity contribution in [2.45, 2.75) is 5.92 Å². The van der Waals surface area contributed by atoms with Crippen molar-refractivity contribution < 1.29 is 13.2 Å². The second kappa shape index (κ2) is 6.15. The molecule has 0 amide bonds. The Kier molecular flexibility index (Phi) is 4.02. The lowest BCUT2D eigenvalue weighted by molar-refractivity contribution is 0.357. The third-order valence-corrected chi connectivity index (χ3v) is 7.33. The maximum atomic E-state index is 13.4. The molecule has 2 N–H and O–H groups in total. The number of hydrogen-bond donors (Lipinski definition) is 1. The minimum atomic E-state index is -3.93. The van der Waals surface area contributed by atoms with Gasteiger partial charge < -0.3 is 10.5 Å². The first-order valence-electron chi connectivity index (χ1n) is 8.02. The third-order valence-electron chi connectivity index (χ3n) is 4.72. The van der Waals surface area contributed by atoms with Crippen molar-refractivity contribution in [3.8, 4) is 6.07 Å². The number of anilines is 1. The SMILES string of the molecule is CN1c2ccccc2C2=C([C@@H](c3ccccc3Br)C(C#N)=C(N)O2)S1(=O)=O. The Morgan fingerprint density at radius 1 is 1.19 bits per heavy atom. The normalized spacial score (nSPS) is 20.5. The van der Waals surface area contributed by atoms with Crippen molar-refractivity contribution in [3.63, 3.8) is 0 Å². The zero-order chi connectivity index (χ0) is 19.3. The Morgan fingerprint density at radius 3 is 2.56 bits per heavy atom. The van der Waals surface area contributed by atoms with E-state index < -0.39 is 15.9 Å². The molecule has 4 rings (SSSR count). The Bertz CT molecular complexity index is 1180. The van der Waals surface area contributed by atoms with Crippen LogP contribution in [0.2, 0.25) is 0 Å². The van der Waals surface area contributed by atoms with Crippen molar-refractivity contribution in [3.05, 3.63) is 80.5 Å². The highest BCUT2D eigenvalue weighted by atomic mass is 79.9. The zero-order valence-corrected chi connectivity index (χ0v) is 16.6. The van der Waals surface area contributed by atoms with Crippen molar-refractivity contribution >= 4 is 37.4 Å². The van der Waals surface area contributed by atoms with Gasteiger partial charge in [-0.15, -0.1) is 0 Å². The number of nitrogens with two attached hydrogens (primary N) is 1. The molecule has 0 saturated heterocycles. The number of nitrogens with zero attached hydrogens (tertiary/aromatic N) is 2. The number of halogens is 1.